The SMILES string of the molecule is CCC#COC(=O)C(C)CC. The monoisotopic (exact) mass is 154 g/mol. The number of hydrogen-bond donors (Lipinski definition) is 0. The third-order valence-corrected chi connectivity index (χ3v) is 1.42. The number of ether oxygens (including phenoxy) is 1. The number of rotatable bonds is 2. The molecule has 11 heavy (non-hydrogen) atoms. The summed E-state index contributed by atoms with van der Waals surface area (Å²) >= 11 is 0. The largest absolute Gasteiger partial charge is 0.372 e. The van der Waals surface area contributed by atoms with Crippen molar-refractivity contribution in [2.75, 3.05) is 0 Å². The Morgan fingerprint density at radius 3 is 2.64 bits per heavy atom. The van der Waals surface area contributed by atoms with Crippen LogP contribution in [0.15, 0.2) is 0 Å². The number of esters is 1. The Morgan fingerprint density at radius 1 is 1.55 bits per heavy atom. The van der Waals surface area contributed by atoms with Crippen molar-refractivity contribution in [3.63, 3.8) is 0 Å². The lowest BCUT2D eigenvalue weighted by Gasteiger charge is -2.01. The summed E-state index contributed by atoms with van der Waals surface area (Å²) in [6, 6.07) is 0. The van der Waals surface area contributed by atoms with E-state index in [0.29, 0.717) is 6.42 Å². The van der Waals surface area contributed by atoms with Crippen molar-refractivity contribution in [2.45, 2.75) is 33.6 Å². The molecule has 0 aliphatic carbocycles. The van der Waals surface area contributed by atoms with E-state index in [1.807, 2.05) is 20.8 Å². The van der Waals surface area contributed by atoms with Crippen LogP contribution in [0.1, 0.15) is 33.6 Å². The fraction of sp³-hybridized carbons (Fsp3) is 0.667. The zero-order valence-corrected chi connectivity index (χ0v) is 7.31. The van der Waals surface area contributed by atoms with Crippen molar-refractivity contribution >= 4 is 5.97 Å². The van der Waals surface area contributed by atoms with Gasteiger partial charge in [-0.25, -0.2) is 0 Å². The summed E-state index contributed by atoms with van der Waals surface area (Å²) in [5.41, 5.74) is 0. The van der Waals surface area contributed by atoms with Gasteiger partial charge in [0.15, 0.2) is 0 Å². The lowest BCUT2D eigenvalue weighted by atomic mass is 10.1. The third kappa shape index (κ3) is 4.44. The van der Waals surface area contributed by atoms with Gasteiger partial charge in [-0.15, -0.1) is 0 Å². The van der Waals surface area contributed by atoms with Gasteiger partial charge in [0.25, 0.3) is 0 Å². The number of hydrogen-bond acceptors (Lipinski definition) is 2. The van der Waals surface area contributed by atoms with E-state index in [4.69, 9.17) is 0 Å². The molecule has 0 N–H and O–H groups in total. The molecule has 0 saturated carbocycles. The molecule has 0 heterocycles. The van der Waals surface area contributed by atoms with Crippen LogP contribution in [0.25, 0.3) is 0 Å². The summed E-state index contributed by atoms with van der Waals surface area (Å²) in [7, 11) is 0. The van der Waals surface area contributed by atoms with Gasteiger partial charge in [-0.2, -0.15) is 0 Å². The minimum atomic E-state index is -0.228. The lowest BCUT2D eigenvalue weighted by molar-refractivity contribution is -0.140. The molecule has 0 fully saturated rings. The Balaban J connectivity index is 3.69. The minimum Gasteiger partial charge on any atom is -0.372 e. The topological polar surface area (TPSA) is 26.3 Å². The lowest BCUT2D eigenvalue weighted by Crippen LogP contribution is -2.10. The Labute approximate surface area is 67.9 Å². The first kappa shape index (κ1) is 10.0. The van der Waals surface area contributed by atoms with Crippen LogP contribution in [0.3, 0.4) is 0 Å². The quantitative estimate of drug-likeness (QED) is 0.449. The van der Waals surface area contributed by atoms with Crippen LogP contribution in [0.2, 0.25) is 0 Å². The van der Waals surface area contributed by atoms with Crippen LogP contribution in [0.4, 0.5) is 0 Å². The molecular weight excluding hydrogens is 140 g/mol. The fourth-order valence-electron chi connectivity index (χ4n) is 0.426. The molecule has 0 bridgehead atoms. The van der Waals surface area contributed by atoms with Gasteiger partial charge in [0.2, 0.25) is 0 Å². The zero-order chi connectivity index (χ0) is 8.69. The van der Waals surface area contributed by atoms with Gasteiger partial charge in [0, 0.05) is 6.42 Å². The maximum Gasteiger partial charge on any atom is 0.322 e. The summed E-state index contributed by atoms with van der Waals surface area (Å²) in [5.74, 6) is 2.40. The zero-order valence-electron chi connectivity index (χ0n) is 7.31. The van der Waals surface area contributed by atoms with Crippen LogP contribution < -0.4 is 0 Å². The average molecular weight is 154 g/mol. The molecule has 0 aliphatic heterocycles. The van der Waals surface area contributed by atoms with E-state index in [9.17, 15) is 4.79 Å². The molecule has 0 amide bonds. The molecule has 2 heteroatoms. The molecule has 1 atom stereocenters. The van der Waals surface area contributed by atoms with E-state index in [-0.39, 0.29) is 11.9 Å². The van der Waals surface area contributed by atoms with Crippen LogP contribution in [0.5, 0.6) is 0 Å². The van der Waals surface area contributed by atoms with Gasteiger partial charge >= 0.3 is 5.97 Å². The normalized spacial score (nSPS) is 11.2. The predicted molar refractivity (Wildman–Crippen MR) is 43.6 cm³/mol. The first-order valence-electron chi connectivity index (χ1n) is 3.90. The van der Waals surface area contributed by atoms with E-state index in [1.54, 1.807) is 0 Å². The fourth-order valence-corrected chi connectivity index (χ4v) is 0.426. The Hall–Kier alpha value is -0.970. The second-order valence-corrected chi connectivity index (χ2v) is 2.36. The second kappa shape index (κ2) is 5.79. The summed E-state index contributed by atoms with van der Waals surface area (Å²) < 4.78 is 4.64. The van der Waals surface area contributed by atoms with Crippen LogP contribution in [-0.4, -0.2) is 5.97 Å². The highest BCUT2D eigenvalue weighted by atomic mass is 16.5. The summed E-state index contributed by atoms with van der Waals surface area (Å²) in [6.45, 7) is 5.68. The Morgan fingerprint density at radius 2 is 2.18 bits per heavy atom. The minimum absolute atomic E-state index is 0.0406. The average Bonchev–Trinajstić information content (AvgIpc) is 2.03. The van der Waals surface area contributed by atoms with Gasteiger partial charge in [0.05, 0.1) is 5.92 Å². The smallest absolute Gasteiger partial charge is 0.322 e. The Kier molecular flexibility index (Phi) is 5.28. The van der Waals surface area contributed by atoms with Crippen LogP contribution in [0, 0.1) is 17.9 Å². The highest BCUT2D eigenvalue weighted by Gasteiger charge is 2.10. The molecule has 0 saturated heterocycles. The molecule has 2 nitrogen and oxygen atoms in total. The van der Waals surface area contributed by atoms with Crippen LogP contribution in [-0.2, 0) is 9.53 Å². The second-order valence-electron chi connectivity index (χ2n) is 2.36. The summed E-state index contributed by atoms with van der Waals surface area (Å²) in [4.78, 5) is 10.9. The number of carbonyl (C=O) groups is 1. The van der Waals surface area contributed by atoms with Gasteiger partial charge in [0.1, 0.15) is 6.11 Å². The first-order chi connectivity index (χ1) is 5.22. The van der Waals surface area contributed by atoms with Crippen LogP contribution >= 0.6 is 0 Å². The number of carbonyl (C=O) groups excluding carboxylic acids is 1. The predicted octanol–water partition coefficient (Wildman–Crippen LogP) is 1.95. The molecule has 62 valence electrons. The van der Waals surface area contributed by atoms with Gasteiger partial charge in [-0.05, 0) is 6.42 Å². The van der Waals surface area contributed by atoms with E-state index in [0.717, 1.165) is 6.42 Å². The van der Waals surface area contributed by atoms with E-state index >= 15 is 0 Å². The van der Waals surface area contributed by atoms with Crippen molar-refractivity contribution in [2.24, 2.45) is 5.92 Å². The van der Waals surface area contributed by atoms with Crippen molar-refractivity contribution < 1.29 is 9.53 Å². The van der Waals surface area contributed by atoms with Crippen molar-refractivity contribution in [1.29, 1.82) is 0 Å². The van der Waals surface area contributed by atoms with E-state index in [1.165, 1.54) is 0 Å². The Bertz CT molecular complexity index is 174. The maximum atomic E-state index is 10.9. The molecule has 0 rings (SSSR count). The molecule has 0 spiro atoms. The van der Waals surface area contributed by atoms with Gasteiger partial charge in [-0.1, -0.05) is 26.7 Å². The maximum absolute atomic E-state index is 10.9. The molecule has 0 aromatic carbocycles. The summed E-state index contributed by atoms with van der Waals surface area (Å²) in [5, 5.41) is 0. The highest BCUT2D eigenvalue weighted by molar-refractivity contribution is 5.72. The van der Waals surface area contributed by atoms with Crippen molar-refractivity contribution in [3.8, 4) is 12.0 Å². The molecule has 0 aliphatic rings. The van der Waals surface area contributed by atoms with E-state index < -0.39 is 0 Å². The van der Waals surface area contributed by atoms with Gasteiger partial charge in [-0.3, -0.25) is 4.79 Å². The third-order valence-electron chi connectivity index (χ3n) is 1.42. The molecule has 0 aromatic rings. The molecule has 1 unspecified atom stereocenters. The first-order valence-corrected chi connectivity index (χ1v) is 3.90. The molecule has 0 aromatic heterocycles. The highest BCUT2D eigenvalue weighted by Crippen LogP contribution is 2.01. The molecule has 0 radical (unpaired) electrons. The van der Waals surface area contributed by atoms with Crippen molar-refractivity contribution in [3.05, 3.63) is 0 Å². The molecular formula is C9H14O2. The summed E-state index contributed by atoms with van der Waals surface area (Å²) in [6.07, 6.45) is 3.86. The standard InChI is InChI=1S/C9H14O2/c1-4-6-7-11-9(10)8(3)5-2/h8H,4-5H2,1-3H3. The van der Waals surface area contributed by atoms with E-state index in [2.05, 4.69) is 16.8 Å². The van der Waals surface area contributed by atoms with Gasteiger partial charge < -0.3 is 4.74 Å². The van der Waals surface area contributed by atoms with Crippen molar-refractivity contribution in [1.82, 2.24) is 0 Å².